The van der Waals surface area contributed by atoms with Gasteiger partial charge in [-0.25, -0.2) is 4.79 Å². The van der Waals surface area contributed by atoms with E-state index in [9.17, 15) is 14.9 Å². The number of methoxy groups -OCH3 is 1. The zero-order chi connectivity index (χ0) is 15.3. The van der Waals surface area contributed by atoms with Crippen molar-refractivity contribution in [3.05, 3.63) is 33.9 Å². The largest absolute Gasteiger partial charge is 0.465 e. The Morgan fingerprint density at radius 1 is 1.50 bits per heavy atom. The molecule has 0 unspecified atom stereocenters. The highest BCUT2D eigenvalue weighted by Gasteiger charge is 2.22. The number of carbonyl (C=O) groups is 1. The van der Waals surface area contributed by atoms with Crippen LogP contribution in [-0.4, -0.2) is 37.1 Å². The van der Waals surface area contributed by atoms with Gasteiger partial charge in [0.2, 0.25) is 0 Å². The van der Waals surface area contributed by atoms with Crippen molar-refractivity contribution in [1.82, 2.24) is 0 Å². The molecular formula is C13H19N3O4. The second-order valence-electron chi connectivity index (χ2n) is 4.53. The Morgan fingerprint density at radius 3 is 2.60 bits per heavy atom. The highest BCUT2D eigenvalue weighted by atomic mass is 16.6. The van der Waals surface area contributed by atoms with Gasteiger partial charge in [0, 0.05) is 31.3 Å². The van der Waals surface area contributed by atoms with Crippen LogP contribution in [0.4, 0.5) is 11.4 Å². The molecule has 1 aromatic rings. The molecule has 0 aromatic heterocycles. The number of non-ortho nitro benzene ring substituents is 1. The number of nitrogens with zero attached hydrogens (tertiary/aromatic N) is 2. The van der Waals surface area contributed by atoms with E-state index in [1.807, 2.05) is 18.7 Å². The number of carbonyl (C=O) groups excluding carboxylic acids is 1. The number of anilines is 1. The normalized spacial score (nSPS) is 10.4. The summed E-state index contributed by atoms with van der Waals surface area (Å²) in [6, 6.07) is 4.12. The fraction of sp³-hybridized carbons (Fsp3) is 0.462. The molecular weight excluding hydrogens is 262 g/mol. The van der Waals surface area contributed by atoms with Crippen LogP contribution < -0.4 is 10.6 Å². The third kappa shape index (κ3) is 3.45. The van der Waals surface area contributed by atoms with Gasteiger partial charge in [-0.15, -0.1) is 0 Å². The number of hydrogen-bond donors (Lipinski definition) is 1. The van der Waals surface area contributed by atoms with Crippen LogP contribution in [0.1, 0.15) is 24.2 Å². The van der Waals surface area contributed by atoms with Gasteiger partial charge in [-0.1, -0.05) is 0 Å². The fourth-order valence-electron chi connectivity index (χ4n) is 1.95. The quantitative estimate of drug-likeness (QED) is 0.482. The van der Waals surface area contributed by atoms with Crippen molar-refractivity contribution in [2.75, 3.05) is 25.1 Å². The summed E-state index contributed by atoms with van der Waals surface area (Å²) in [6.07, 6.45) is 0. The molecule has 7 heteroatoms. The topological polar surface area (TPSA) is 98.7 Å². The second-order valence-corrected chi connectivity index (χ2v) is 4.53. The van der Waals surface area contributed by atoms with E-state index in [1.165, 1.54) is 25.3 Å². The lowest BCUT2D eigenvalue weighted by molar-refractivity contribution is -0.384. The molecule has 0 aliphatic carbocycles. The van der Waals surface area contributed by atoms with Gasteiger partial charge in [0.1, 0.15) is 0 Å². The average Bonchev–Trinajstić information content (AvgIpc) is 2.42. The van der Waals surface area contributed by atoms with Gasteiger partial charge in [-0.05, 0) is 19.9 Å². The van der Waals surface area contributed by atoms with Gasteiger partial charge < -0.3 is 15.4 Å². The molecule has 0 bridgehead atoms. The van der Waals surface area contributed by atoms with Crippen LogP contribution in [0.3, 0.4) is 0 Å². The van der Waals surface area contributed by atoms with Crippen LogP contribution in [0.15, 0.2) is 18.2 Å². The van der Waals surface area contributed by atoms with E-state index in [4.69, 9.17) is 10.5 Å². The van der Waals surface area contributed by atoms with E-state index in [1.54, 1.807) is 0 Å². The Bertz CT molecular complexity index is 502. The molecule has 0 aliphatic rings. The fourth-order valence-corrected chi connectivity index (χ4v) is 1.95. The third-order valence-corrected chi connectivity index (χ3v) is 2.90. The summed E-state index contributed by atoms with van der Waals surface area (Å²) >= 11 is 0. The number of hydrogen-bond acceptors (Lipinski definition) is 6. The van der Waals surface area contributed by atoms with Crippen molar-refractivity contribution in [2.45, 2.75) is 19.9 Å². The van der Waals surface area contributed by atoms with Crippen LogP contribution in [0.2, 0.25) is 0 Å². The van der Waals surface area contributed by atoms with Crippen LogP contribution in [-0.2, 0) is 4.74 Å². The lowest BCUT2D eigenvalue weighted by Gasteiger charge is -2.29. The van der Waals surface area contributed by atoms with Gasteiger partial charge >= 0.3 is 5.97 Å². The minimum atomic E-state index is -0.530. The molecule has 1 aromatic carbocycles. The molecule has 0 fully saturated rings. The van der Waals surface area contributed by atoms with E-state index in [-0.39, 0.29) is 11.7 Å². The molecule has 110 valence electrons. The molecule has 2 N–H and O–H groups in total. The van der Waals surface area contributed by atoms with Crippen molar-refractivity contribution in [3.63, 3.8) is 0 Å². The number of nitrogens with two attached hydrogens (primary N) is 1. The Balaban J connectivity index is 3.39. The molecule has 1 rings (SSSR count). The Kier molecular flexibility index (Phi) is 5.45. The maximum atomic E-state index is 11.8. The summed E-state index contributed by atoms with van der Waals surface area (Å²) in [6.45, 7) is 4.72. The number of ether oxygens (including phenoxy) is 1. The lowest BCUT2D eigenvalue weighted by atomic mass is 10.1. The van der Waals surface area contributed by atoms with Crippen LogP contribution in [0.25, 0.3) is 0 Å². The van der Waals surface area contributed by atoms with Crippen molar-refractivity contribution in [3.8, 4) is 0 Å². The summed E-state index contributed by atoms with van der Waals surface area (Å²) in [5.74, 6) is -0.530. The van der Waals surface area contributed by atoms with Crippen LogP contribution in [0, 0.1) is 10.1 Å². The standard InChI is InChI=1S/C13H19N3O4/c1-9(2)15(7-6-14)12-8-10(16(18)19)4-5-11(12)13(17)20-3/h4-5,8-9H,6-7,14H2,1-3H3. The first-order chi connectivity index (χ1) is 9.42. The smallest absolute Gasteiger partial charge is 0.339 e. The number of nitro benzene ring substituents is 1. The van der Waals surface area contributed by atoms with Crippen molar-refractivity contribution in [1.29, 1.82) is 0 Å². The SMILES string of the molecule is COC(=O)c1ccc([N+](=O)[O-])cc1N(CCN)C(C)C. The van der Waals surface area contributed by atoms with Crippen molar-refractivity contribution < 1.29 is 14.5 Å². The summed E-state index contributed by atoms with van der Waals surface area (Å²) in [5.41, 5.74) is 6.25. The predicted molar refractivity (Wildman–Crippen MR) is 76.0 cm³/mol. The van der Waals surface area contributed by atoms with Crippen molar-refractivity contribution >= 4 is 17.3 Å². The van der Waals surface area contributed by atoms with E-state index in [0.29, 0.717) is 24.3 Å². The maximum Gasteiger partial charge on any atom is 0.339 e. The highest BCUT2D eigenvalue weighted by Crippen LogP contribution is 2.28. The van der Waals surface area contributed by atoms with E-state index in [2.05, 4.69) is 0 Å². The van der Waals surface area contributed by atoms with E-state index in [0.717, 1.165) is 0 Å². The van der Waals surface area contributed by atoms with Gasteiger partial charge in [-0.3, -0.25) is 10.1 Å². The molecule has 0 spiro atoms. The number of benzene rings is 1. The summed E-state index contributed by atoms with van der Waals surface area (Å²) in [7, 11) is 1.27. The molecule has 7 nitrogen and oxygen atoms in total. The van der Waals surface area contributed by atoms with Crippen LogP contribution in [0.5, 0.6) is 0 Å². The van der Waals surface area contributed by atoms with Crippen molar-refractivity contribution in [2.24, 2.45) is 5.73 Å². The monoisotopic (exact) mass is 281 g/mol. The molecule has 20 heavy (non-hydrogen) atoms. The first kappa shape index (κ1) is 15.9. The van der Waals surface area contributed by atoms with E-state index < -0.39 is 10.9 Å². The van der Waals surface area contributed by atoms with Crippen LogP contribution >= 0.6 is 0 Å². The molecule has 0 amide bonds. The highest BCUT2D eigenvalue weighted by molar-refractivity contribution is 5.96. The second kappa shape index (κ2) is 6.85. The predicted octanol–water partition coefficient (Wildman–Crippen LogP) is 1.55. The molecule has 0 aliphatic heterocycles. The molecule has 0 saturated heterocycles. The number of nitro groups is 1. The summed E-state index contributed by atoms with van der Waals surface area (Å²) < 4.78 is 4.72. The molecule has 0 heterocycles. The first-order valence-electron chi connectivity index (χ1n) is 6.25. The molecule has 0 atom stereocenters. The summed E-state index contributed by atoms with van der Waals surface area (Å²) in [5, 5.41) is 10.9. The minimum Gasteiger partial charge on any atom is -0.465 e. The number of esters is 1. The average molecular weight is 281 g/mol. The zero-order valence-electron chi connectivity index (χ0n) is 11.8. The van der Waals surface area contributed by atoms with Gasteiger partial charge in [0.25, 0.3) is 5.69 Å². The van der Waals surface area contributed by atoms with Gasteiger partial charge in [0.05, 0.1) is 23.3 Å². The number of rotatable bonds is 6. The third-order valence-electron chi connectivity index (χ3n) is 2.90. The van der Waals surface area contributed by atoms with Gasteiger partial charge in [0.15, 0.2) is 0 Å². The molecule has 0 radical (unpaired) electrons. The molecule has 0 saturated carbocycles. The Labute approximate surface area is 117 Å². The summed E-state index contributed by atoms with van der Waals surface area (Å²) in [4.78, 5) is 24.0. The lowest BCUT2D eigenvalue weighted by Crippen LogP contribution is -2.36. The maximum absolute atomic E-state index is 11.8. The Hall–Kier alpha value is -2.15. The van der Waals surface area contributed by atoms with Gasteiger partial charge in [-0.2, -0.15) is 0 Å². The minimum absolute atomic E-state index is 0.0453. The zero-order valence-corrected chi connectivity index (χ0v) is 11.8. The first-order valence-corrected chi connectivity index (χ1v) is 6.25. The Morgan fingerprint density at radius 2 is 2.15 bits per heavy atom. The van der Waals surface area contributed by atoms with E-state index >= 15 is 0 Å².